The van der Waals surface area contributed by atoms with Crippen molar-refractivity contribution >= 4 is 39.3 Å². The number of fused-ring (bicyclic) bond motifs is 1. The molecule has 0 aromatic heterocycles. The van der Waals surface area contributed by atoms with E-state index in [-0.39, 0.29) is 0 Å². The van der Waals surface area contributed by atoms with E-state index >= 15 is 0 Å². The molecule has 1 aliphatic carbocycles. The molecule has 0 bridgehead atoms. The van der Waals surface area contributed by atoms with E-state index in [0.29, 0.717) is 23.6 Å². The molecule has 6 heteroatoms. The van der Waals surface area contributed by atoms with Crippen molar-refractivity contribution in [2.45, 2.75) is 38.1 Å². The van der Waals surface area contributed by atoms with Crippen LogP contribution < -0.4 is 4.90 Å². The van der Waals surface area contributed by atoms with Crippen molar-refractivity contribution < 1.29 is 19.1 Å². The zero-order valence-electron chi connectivity index (χ0n) is 12.9. The lowest BCUT2D eigenvalue weighted by Gasteiger charge is -2.28. The number of carbonyl (C=O) groups is 3. The first-order chi connectivity index (χ1) is 11.0. The normalized spacial score (nSPS) is 19.1. The van der Waals surface area contributed by atoms with Crippen LogP contribution in [0.25, 0.3) is 0 Å². The minimum Gasteiger partial charge on any atom is -0.467 e. The quantitative estimate of drug-likeness (QED) is 0.595. The Kier molecular flexibility index (Phi) is 4.53. The summed E-state index contributed by atoms with van der Waals surface area (Å²) in [7, 11) is 1.31. The highest BCUT2D eigenvalue weighted by atomic mass is 79.9. The Hall–Kier alpha value is -1.69. The van der Waals surface area contributed by atoms with Crippen LogP contribution in [0.15, 0.2) is 22.7 Å². The highest BCUT2D eigenvalue weighted by Gasteiger charge is 2.43. The van der Waals surface area contributed by atoms with Gasteiger partial charge in [0.1, 0.15) is 6.04 Å². The Bertz CT molecular complexity index is 667. The number of hydrogen-bond acceptors (Lipinski definition) is 4. The van der Waals surface area contributed by atoms with Crippen LogP contribution in [0.1, 0.15) is 42.5 Å². The first-order valence-electron chi connectivity index (χ1n) is 7.78. The Labute approximate surface area is 143 Å². The number of hydrogen-bond donors (Lipinski definition) is 0. The summed E-state index contributed by atoms with van der Waals surface area (Å²) in [4.78, 5) is 38.3. The molecule has 122 valence electrons. The zero-order valence-corrected chi connectivity index (χ0v) is 14.5. The first kappa shape index (κ1) is 16.2. The third-order valence-corrected chi connectivity index (χ3v) is 5.19. The number of carbonyl (C=O) groups excluding carboxylic acids is 3. The van der Waals surface area contributed by atoms with Crippen LogP contribution in [0.2, 0.25) is 0 Å². The number of ether oxygens (including phenoxy) is 1. The summed E-state index contributed by atoms with van der Waals surface area (Å²) in [6.07, 6.45) is 4.93. The number of nitrogens with zero attached hydrogens (tertiary/aromatic N) is 1. The van der Waals surface area contributed by atoms with Gasteiger partial charge in [0.15, 0.2) is 0 Å². The largest absolute Gasteiger partial charge is 0.467 e. The molecule has 3 rings (SSSR count). The van der Waals surface area contributed by atoms with Gasteiger partial charge < -0.3 is 4.74 Å². The number of anilines is 1. The minimum absolute atomic E-state index is 0.346. The third kappa shape index (κ3) is 2.92. The summed E-state index contributed by atoms with van der Waals surface area (Å²) in [5.41, 5.74) is 0.835. The van der Waals surface area contributed by atoms with Crippen LogP contribution in [0.3, 0.4) is 0 Å². The standard InChI is InChI=1S/C17H18BrNO4/c1-23-17(22)14(8-10-4-2-3-5-10)19-13-9-11(18)6-7-12(13)15(20)16(19)21/h6-7,9-10,14H,2-5,8H2,1H3. The lowest BCUT2D eigenvalue weighted by atomic mass is 9.97. The highest BCUT2D eigenvalue weighted by Crippen LogP contribution is 2.37. The number of Topliss-reactive ketones (excluding diaryl/α,β-unsaturated/α-hetero) is 1. The summed E-state index contributed by atoms with van der Waals surface area (Å²) >= 11 is 3.36. The van der Waals surface area contributed by atoms with Gasteiger partial charge in [0, 0.05) is 4.47 Å². The molecule has 0 saturated heterocycles. The molecular formula is C17H18BrNO4. The molecule has 1 amide bonds. The fraction of sp³-hybridized carbons (Fsp3) is 0.471. The average Bonchev–Trinajstić information content (AvgIpc) is 3.13. The van der Waals surface area contributed by atoms with E-state index in [9.17, 15) is 14.4 Å². The van der Waals surface area contributed by atoms with Crippen molar-refractivity contribution in [1.29, 1.82) is 0 Å². The molecule has 0 N–H and O–H groups in total. The topological polar surface area (TPSA) is 63.7 Å². The van der Waals surface area contributed by atoms with E-state index < -0.39 is 23.7 Å². The van der Waals surface area contributed by atoms with E-state index in [1.165, 1.54) is 12.0 Å². The van der Waals surface area contributed by atoms with Gasteiger partial charge in [-0.1, -0.05) is 41.6 Å². The molecule has 2 aliphatic rings. The molecule has 0 spiro atoms. The van der Waals surface area contributed by atoms with E-state index in [1.54, 1.807) is 18.2 Å². The zero-order chi connectivity index (χ0) is 16.6. The molecule has 1 fully saturated rings. The van der Waals surface area contributed by atoms with Crippen molar-refractivity contribution in [3.8, 4) is 0 Å². The lowest BCUT2D eigenvalue weighted by Crippen LogP contribution is -2.46. The van der Waals surface area contributed by atoms with E-state index in [0.717, 1.165) is 30.2 Å². The number of amides is 1. The van der Waals surface area contributed by atoms with Gasteiger partial charge in [0.05, 0.1) is 18.4 Å². The van der Waals surface area contributed by atoms with Gasteiger partial charge in [-0.25, -0.2) is 4.79 Å². The molecule has 1 aromatic carbocycles. The average molecular weight is 380 g/mol. The summed E-state index contributed by atoms with van der Waals surface area (Å²) in [6.45, 7) is 0. The molecule has 1 aromatic rings. The summed E-state index contributed by atoms with van der Waals surface area (Å²) < 4.78 is 5.67. The van der Waals surface area contributed by atoms with Gasteiger partial charge in [0.2, 0.25) is 0 Å². The third-order valence-electron chi connectivity index (χ3n) is 4.69. The number of benzene rings is 1. The SMILES string of the molecule is COC(=O)C(CC1CCCC1)N1C(=O)C(=O)c2ccc(Br)cc21. The molecule has 1 unspecified atom stereocenters. The molecule has 0 radical (unpaired) electrons. The molecule has 1 atom stereocenters. The number of methoxy groups -OCH3 is 1. The highest BCUT2D eigenvalue weighted by molar-refractivity contribution is 9.10. The molecule has 5 nitrogen and oxygen atoms in total. The molecule has 1 aliphatic heterocycles. The molecule has 1 heterocycles. The predicted molar refractivity (Wildman–Crippen MR) is 88.3 cm³/mol. The van der Waals surface area contributed by atoms with Crippen LogP contribution in [0.5, 0.6) is 0 Å². The second-order valence-corrected chi connectivity index (χ2v) is 7.01. The molecular weight excluding hydrogens is 362 g/mol. The maximum Gasteiger partial charge on any atom is 0.328 e. The predicted octanol–water partition coefficient (Wildman–Crippen LogP) is 3.10. The summed E-state index contributed by atoms with van der Waals surface area (Å²) in [5, 5.41) is 0. The second-order valence-electron chi connectivity index (χ2n) is 6.09. The van der Waals surface area contributed by atoms with Crippen molar-refractivity contribution in [3.63, 3.8) is 0 Å². The fourth-order valence-electron chi connectivity index (χ4n) is 3.54. The Morgan fingerprint density at radius 1 is 1.35 bits per heavy atom. The van der Waals surface area contributed by atoms with Gasteiger partial charge in [-0.2, -0.15) is 0 Å². The minimum atomic E-state index is -0.741. The van der Waals surface area contributed by atoms with E-state index in [2.05, 4.69) is 15.9 Å². The Morgan fingerprint density at radius 2 is 2.04 bits per heavy atom. The van der Waals surface area contributed by atoms with E-state index in [1.807, 2.05) is 0 Å². The van der Waals surface area contributed by atoms with Gasteiger partial charge >= 0.3 is 5.97 Å². The van der Waals surface area contributed by atoms with Crippen LogP contribution in [-0.4, -0.2) is 30.8 Å². The van der Waals surface area contributed by atoms with Gasteiger partial charge in [0.25, 0.3) is 11.7 Å². The van der Waals surface area contributed by atoms with Crippen molar-refractivity contribution in [2.75, 3.05) is 12.0 Å². The van der Waals surface area contributed by atoms with Crippen LogP contribution in [0.4, 0.5) is 5.69 Å². The van der Waals surface area contributed by atoms with E-state index in [4.69, 9.17) is 4.74 Å². The molecule has 1 saturated carbocycles. The van der Waals surface area contributed by atoms with Gasteiger partial charge in [-0.15, -0.1) is 0 Å². The maximum atomic E-state index is 12.5. The maximum absolute atomic E-state index is 12.5. The Balaban J connectivity index is 1.98. The van der Waals surface area contributed by atoms with Crippen LogP contribution >= 0.6 is 15.9 Å². The van der Waals surface area contributed by atoms with Crippen molar-refractivity contribution in [1.82, 2.24) is 0 Å². The number of halogens is 1. The van der Waals surface area contributed by atoms with Crippen LogP contribution in [0, 0.1) is 5.92 Å². The number of esters is 1. The molecule has 23 heavy (non-hydrogen) atoms. The summed E-state index contributed by atoms with van der Waals surface area (Å²) in [6, 6.07) is 4.30. The Morgan fingerprint density at radius 3 is 2.70 bits per heavy atom. The van der Waals surface area contributed by atoms with Gasteiger partial charge in [-0.05, 0) is 30.5 Å². The fourth-order valence-corrected chi connectivity index (χ4v) is 3.89. The van der Waals surface area contributed by atoms with Gasteiger partial charge in [-0.3, -0.25) is 14.5 Å². The smallest absolute Gasteiger partial charge is 0.328 e. The van der Waals surface area contributed by atoms with Crippen molar-refractivity contribution in [2.24, 2.45) is 5.92 Å². The number of ketones is 1. The van der Waals surface area contributed by atoms with Crippen LogP contribution in [-0.2, 0) is 14.3 Å². The number of rotatable bonds is 4. The summed E-state index contributed by atoms with van der Waals surface area (Å²) in [5.74, 6) is -1.29. The monoisotopic (exact) mass is 379 g/mol. The van der Waals surface area contributed by atoms with Crippen molar-refractivity contribution in [3.05, 3.63) is 28.2 Å². The lowest BCUT2D eigenvalue weighted by molar-refractivity contribution is -0.143. The second kappa shape index (κ2) is 6.43. The first-order valence-corrected chi connectivity index (χ1v) is 8.57.